The third-order valence-corrected chi connectivity index (χ3v) is 2.92. The Morgan fingerprint density at radius 1 is 1.05 bits per heavy atom. The fourth-order valence-corrected chi connectivity index (χ4v) is 2.00. The highest BCUT2D eigenvalue weighted by molar-refractivity contribution is 5.36. The zero-order valence-electron chi connectivity index (χ0n) is 10.4. The minimum absolute atomic E-state index is 0.374. The summed E-state index contributed by atoms with van der Waals surface area (Å²) in [5.41, 5.74) is -1.23. The molecule has 1 aliphatic heterocycles. The molecule has 2 heterocycles. The number of fused-ring (bicyclic) bond motifs is 1. The Morgan fingerprint density at radius 3 is 2.21 bits per heavy atom. The molecule has 3 nitrogen and oxygen atoms in total. The lowest BCUT2D eigenvalue weighted by Crippen LogP contribution is -2.30. The third-order valence-electron chi connectivity index (χ3n) is 2.92. The van der Waals surface area contributed by atoms with Gasteiger partial charge in [-0.3, -0.25) is 0 Å². The van der Waals surface area contributed by atoms with Gasteiger partial charge in [0.25, 0.3) is 5.82 Å². The van der Waals surface area contributed by atoms with Gasteiger partial charge in [-0.1, -0.05) is 4.68 Å². The summed E-state index contributed by atoms with van der Waals surface area (Å²) < 4.78 is 76.1. The number of hydrogen-bond acceptors (Lipinski definition) is 1. The zero-order valence-corrected chi connectivity index (χ0v) is 9.35. The molecule has 0 saturated heterocycles. The van der Waals surface area contributed by atoms with E-state index >= 15 is 0 Å². The van der Waals surface area contributed by atoms with Crippen molar-refractivity contribution in [3.8, 4) is 5.69 Å². The smallest absolute Gasteiger partial charge is 0.234 e. The summed E-state index contributed by atoms with van der Waals surface area (Å²) in [5, 5.41) is 3.75. The van der Waals surface area contributed by atoms with Crippen LogP contribution in [0.5, 0.6) is 0 Å². The van der Waals surface area contributed by atoms with Gasteiger partial charge >= 0.3 is 0 Å². The van der Waals surface area contributed by atoms with E-state index in [4.69, 9.17) is 1.37 Å². The standard InChI is InChI=1S/C11H7F5N3/c12-6-7(13)9(15)11(10(16)8(6)14)19-4-18-3-1-2-5(18)17-19/h4H,1-3H2/q+1/i4D. The quantitative estimate of drug-likeness (QED) is 0.337. The zero-order chi connectivity index (χ0) is 14.6. The van der Waals surface area contributed by atoms with E-state index in [1.54, 1.807) is 0 Å². The van der Waals surface area contributed by atoms with Crippen molar-refractivity contribution in [1.82, 2.24) is 9.78 Å². The van der Waals surface area contributed by atoms with Crippen LogP contribution in [0.25, 0.3) is 5.69 Å². The molecule has 19 heavy (non-hydrogen) atoms. The first-order chi connectivity index (χ1) is 9.43. The van der Waals surface area contributed by atoms with E-state index in [9.17, 15) is 22.0 Å². The van der Waals surface area contributed by atoms with Gasteiger partial charge in [0.2, 0.25) is 41.1 Å². The van der Waals surface area contributed by atoms with Gasteiger partial charge in [0.15, 0.2) is 0 Å². The fourth-order valence-electron chi connectivity index (χ4n) is 2.00. The largest absolute Gasteiger partial charge is 0.278 e. The van der Waals surface area contributed by atoms with Crippen LogP contribution in [-0.2, 0) is 13.0 Å². The molecule has 1 aromatic carbocycles. The second kappa shape index (κ2) is 4.01. The molecule has 8 heteroatoms. The number of benzene rings is 1. The number of aryl methyl sites for hydroxylation is 1. The van der Waals surface area contributed by atoms with Crippen LogP contribution < -0.4 is 4.57 Å². The first kappa shape index (κ1) is 10.9. The van der Waals surface area contributed by atoms with Crippen LogP contribution in [0.2, 0.25) is 0 Å². The first-order valence-electron chi connectivity index (χ1n) is 5.93. The van der Waals surface area contributed by atoms with Crippen molar-refractivity contribution in [3.63, 3.8) is 0 Å². The van der Waals surface area contributed by atoms with Crippen molar-refractivity contribution in [3.05, 3.63) is 41.2 Å². The Kier molecular flexibility index (Phi) is 2.30. The maximum absolute atomic E-state index is 13.7. The summed E-state index contributed by atoms with van der Waals surface area (Å²) in [7, 11) is 0. The number of halogens is 5. The van der Waals surface area contributed by atoms with Gasteiger partial charge in [0, 0.05) is 11.5 Å². The number of nitrogens with zero attached hydrogens (tertiary/aromatic N) is 3. The van der Waals surface area contributed by atoms with Crippen molar-refractivity contribution in [2.75, 3.05) is 0 Å². The fraction of sp³-hybridized carbons (Fsp3) is 0.273. The molecule has 3 rings (SSSR count). The molecule has 0 N–H and O–H groups in total. The molecule has 0 radical (unpaired) electrons. The first-order valence-corrected chi connectivity index (χ1v) is 5.43. The van der Waals surface area contributed by atoms with Crippen LogP contribution in [0.4, 0.5) is 22.0 Å². The Bertz CT molecular complexity index is 699. The van der Waals surface area contributed by atoms with Crippen LogP contribution in [-0.4, -0.2) is 9.78 Å². The molecule has 0 spiro atoms. The molecular formula is C11H7F5N3+. The topological polar surface area (TPSA) is 21.7 Å². The van der Waals surface area contributed by atoms with Gasteiger partial charge in [0.05, 0.1) is 6.54 Å². The SMILES string of the molecule is [2H]c1n(-c2c(F)c(F)c(F)c(F)c2F)nc2[n+]1CCC2. The second-order valence-corrected chi connectivity index (χ2v) is 4.10. The second-order valence-electron chi connectivity index (χ2n) is 4.10. The normalized spacial score (nSPS) is 14.7. The Morgan fingerprint density at radius 2 is 1.63 bits per heavy atom. The number of hydrogen-bond donors (Lipinski definition) is 0. The van der Waals surface area contributed by atoms with Gasteiger partial charge in [-0.25, -0.2) is 17.7 Å². The van der Waals surface area contributed by atoms with E-state index in [1.807, 2.05) is 0 Å². The van der Waals surface area contributed by atoms with Crippen LogP contribution >= 0.6 is 0 Å². The molecular weight excluding hydrogens is 269 g/mol. The highest BCUT2D eigenvalue weighted by atomic mass is 19.2. The van der Waals surface area contributed by atoms with E-state index in [2.05, 4.69) is 5.10 Å². The molecule has 0 aliphatic carbocycles. The number of rotatable bonds is 1. The van der Waals surface area contributed by atoms with Gasteiger partial charge in [-0.2, -0.15) is 8.78 Å². The van der Waals surface area contributed by atoms with E-state index < -0.39 is 41.1 Å². The summed E-state index contributed by atoms with van der Waals surface area (Å²) in [4.78, 5) is 0. The van der Waals surface area contributed by atoms with Crippen LogP contribution in [0.3, 0.4) is 0 Å². The average molecular weight is 277 g/mol. The van der Waals surface area contributed by atoms with Crippen molar-refractivity contribution >= 4 is 0 Å². The van der Waals surface area contributed by atoms with Crippen molar-refractivity contribution in [2.24, 2.45) is 0 Å². The summed E-state index contributed by atoms with van der Waals surface area (Å²) in [5.74, 6) is -9.98. The molecule has 0 bridgehead atoms. The maximum Gasteiger partial charge on any atom is 0.278 e. The number of aromatic nitrogens is 3. The van der Waals surface area contributed by atoms with E-state index in [0.29, 0.717) is 29.9 Å². The summed E-state index contributed by atoms with van der Waals surface area (Å²) in [6.45, 7) is 0.420. The van der Waals surface area contributed by atoms with Gasteiger partial charge in [-0.05, 0) is 6.42 Å². The van der Waals surface area contributed by atoms with Crippen molar-refractivity contribution < 1.29 is 27.9 Å². The molecule has 100 valence electrons. The maximum atomic E-state index is 13.7. The lowest BCUT2D eigenvalue weighted by atomic mass is 10.2. The molecule has 0 saturated carbocycles. The lowest BCUT2D eigenvalue weighted by Gasteiger charge is -2.03. The van der Waals surface area contributed by atoms with Crippen molar-refractivity contribution in [2.45, 2.75) is 19.4 Å². The predicted octanol–water partition coefficient (Wildman–Crippen LogP) is 1.80. The Labute approximate surface area is 105 Å². The van der Waals surface area contributed by atoms with Gasteiger partial charge in [-0.15, -0.1) is 0 Å². The predicted molar refractivity (Wildman–Crippen MR) is 51.9 cm³/mol. The minimum Gasteiger partial charge on any atom is -0.234 e. The van der Waals surface area contributed by atoms with Crippen LogP contribution in [0.15, 0.2) is 6.30 Å². The lowest BCUT2D eigenvalue weighted by molar-refractivity contribution is -0.691. The third kappa shape index (κ3) is 1.62. The van der Waals surface area contributed by atoms with Gasteiger partial charge < -0.3 is 0 Å². The van der Waals surface area contributed by atoms with Gasteiger partial charge in [0.1, 0.15) is 1.37 Å². The average Bonchev–Trinajstić information content (AvgIpc) is 2.99. The Hall–Kier alpha value is -1.99. The monoisotopic (exact) mass is 277 g/mol. The summed E-state index contributed by atoms with van der Waals surface area (Å²) in [6, 6.07) is 0. The molecule has 1 aliphatic rings. The minimum atomic E-state index is -2.23. The molecule has 0 fully saturated rings. The molecule has 1 aromatic heterocycles. The molecule has 0 unspecified atom stereocenters. The molecule has 0 amide bonds. The molecule has 0 atom stereocenters. The highest BCUT2D eigenvalue weighted by Crippen LogP contribution is 2.25. The highest BCUT2D eigenvalue weighted by Gasteiger charge is 2.32. The van der Waals surface area contributed by atoms with Crippen LogP contribution in [0.1, 0.15) is 13.6 Å². The Balaban J connectivity index is 2.31. The van der Waals surface area contributed by atoms with E-state index in [0.717, 1.165) is 0 Å². The van der Waals surface area contributed by atoms with Crippen molar-refractivity contribution in [1.29, 1.82) is 0 Å². The van der Waals surface area contributed by atoms with Crippen LogP contribution in [0, 0.1) is 29.1 Å². The van der Waals surface area contributed by atoms with E-state index in [1.165, 1.54) is 4.57 Å². The molecule has 2 aromatic rings. The summed E-state index contributed by atoms with van der Waals surface area (Å²) in [6.07, 6.45) is 0.765. The van der Waals surface area contributed by atoms with E-state index in [-0.39, 0.29) is 0 Å². The summed E-state index contributed by atoms with van der Waals surface area (Å²) >= 11 is 0.